The van der Waals surface area contributed by atoms with Crippen molar-refractivity contribution >= 4 is 17.2 Å². The topological polar surface area (TPSA) is 55.6 Å². The number of morpholine rings is 1. The number of rotatable bonds is 3. The number of aromatic nitrogens is 1. The van der Waals surface area contributed by atoms with Gasteiger partial charge in [0.2, 0.25) is 0 Å². The molecule has 1 aliphatic rings. The van der Waals surface area contributed by atoms with Crippen molar-refractivity contribution in [1.82, 2.24) is 9.88 Å². The summed E-state index contributed by atoms with van der Waals surface area (Å²) < 4.78 is 11.1. The van der Waals surface area contributed by atoms with Crippen molar-refractivity contribution in [2.75, 3.05) is 19.8 Å². The second-order valence-electron chi connectivity index (χ2n) is 5.94. The summed E-state index contributed by atoms with van der Waals surface area (Å²) in [7, 11) is 0. The van der Waals surface area contributed by atoms with E-state index in [-0.39, 0.29) is 11.9 Å². The summed E-state index contributed by atoms with van der Waals surface area (Å²) in [5.74, 6) is 0.978. The molecule has 1 amide bonds. The van der Waals surface area contributed by atoms with Gasteiger partial charge in [0, 0.05) is 17.5 Å². The minimum atomic E-state index is -0.194. The van der Waals surface area contributed by atoms with Gasteiger partial charge in [0.1, 0.15) is 10.8 Å². The van der Waals surface area contributed by atoms with Crippen LogP contribution in [-0.4, -0.2) is 35.5 Å². The molecule has 1 atom stereocenters. The molecule has 0 radical (unpaired) electrons. The van der Waals surface area contributed by atoms with Gasteiger partial charge in [-0.1, -0.05) is 30.3 Å². The fourth-order valence-corrected chi connectivity index (χ4v) is 3.81. The van der Waals surface area contributed by atoms with Crippen LogP contribution in [0.25, 0.3) is 10.6 Å². The number of ether oxygens (including phenoxy) is 1. The maximum atomic E-state index is 12.8. The van der Waals surface area contributed by atoms with E-state index in [1.165, 1.54) is 0 Å². The zero-order chi connectivity index (χ0) is 17.2. The Morgan fingerprint density at radius 3 is 2.84 bits per heavy atom. The molecule has 5 nitrogen and oxygen atoms in total. The molecule has 2 aromatic heterocycles. The Morgan fingerprint density at radius 1 is 1.24 bits per heavy atom. The number of nitrogens with zero attached hydrogens (tertiary/aromatic N) is 2. The summed E-state index contributed by atoms with van der Waals surface area (Å²) in [4.78, 5) is 19.4. The molecular weight excluding hydrogens is 336 g/mol. The van der Waals surface area contributed by atoms with Crippen molar-refractivity contribution in [3.63, 3.8) is 0 Å². The number of furan rings is 1. The highest BCUT2D eigenvalue weighted by Gasteiger charge is 2.32. The minimum absolute atomic E-state index is 0.115. The first kappa shape index (κ1) is 16.1. The van der Waals surface area contributed by atoms with Crippen molar-refractivity contribution in [1.29, 1.82) is 0 Å². The van der Waals surface area contributed by atoms with Crippen LogP contribution in [0.4, 0.5) is 0 Å². The van der Waals surface area contributed by atoms with Crippen molar-refractivity contribution in [2.24, 2.45) is 0 Å². The van der Waals surface area contributed by atoms with E-state index < -0.39 is 0 Å². The van der Waals surface area contributed by atoms with Gasteiger partial charge in [0.05, 0.1) is 24.9 Å². The molecule has 3 aromatic rings. The van der Waals surface area contributed by atoms with E-state index in [9.17, 15) is 4.79 Å². The second kappa shape index (κ2) is 6.82. The number of aryl methyl sites for hydroxylation is 1. The summed E-state index contributed by atoms with van der Waals surface area (Å²) in [5, 5.41) is 2.96. The number of hydrogen-bond donors (Lipinski definition) is 0. The van der Waals surface area contributed by atoms with Crippen molar-refractivity contribution in [3.05, 3.63) is 65.1 Å². The Morgan fingerprint density at radius 2 is 2.08 bits per heavy atom. The van der Waals surface area contributed by atoms with Gasteiger partial charge in [-0.25, -0.2) is 4.98 Å². The minimum Gasteiger partial charge on any atom is -0.456 e. The maximum absolute atomic E-state index is 12.8. The Kier molecular flexibility index (Phi) is 4.38. The number of benzene rings is 1. The first-order chi connectivity index (χ1) is 12.2. The predicted molar refractivity (Wildman–Crippen MR) is 95.6 cm³/mol. The molecule has 0 aliphatic carbocycles. The molecule has 25 heavy (non-hydrogen) atoms. The van der Waals surface area contributed by atoms with E-state index in [4.69, 9.17) is 14.1 Å². The van der Waals surface area contributed by atoms with E-state index in [1.807, 2.05) is 42.6 Å². The molecule has 4 rings (SSSR count). The van der Waals surface area contributed by atoms with Gasteiger partial charge in [0.25, 0.3) is 5.91 Å². The molecule has 1 aromatic carbocycles. The van der Waals surface area contributed by atoms with E-state index in [0.29, 0.717) is 25.5 Å². The van der Waals surface area contributed by atoms with E-state index in [2.05, 4.69) is 0 Å². The molecule has 1 saturated heterocycles. The third-order valence-corrected chi connectivity index (χ3v) is 5.13. The SMILES string of the molecule is Cc1ccc(C(=O)N2CCOC[C@H]2c2csc(-c3ccccc3)n2)o1. The highest BCUT2D eigenvalue weighted by molar-refractivity contribution is 7.13. The highest BCUT2D eigenvalue weighted by atomic mass is 32.1. The Labute approximate surface area is 149 Å². The van der Waals surface area contributed by atoms with E-state index in [1.54, 1.807) is 28.4 Å². The lowest BCUT2D eigenvalue weighted by molar-refractivity contribution is -0.00531. The summed E-state index contributed by atoms with van der Waals surface area (Å²) in [5.41, 5.74) is 1.94. The molecule has 128 valence electrons. The average molecular weight is 354 g/mol. The Hall–Kier alpha value is -2.44. The smallest absolute Gasteiger partial charge is 0.290 e. The van der Waals surface area contributed by atoms with Crippen LogP contribution in [-0.2, 0) is 4.74 Å². The van der Waals surface area contributed by atoms with Crippen LogP contribution in [0.15, 0.2) is 52.3 Å². The van der Waals surface area contributed by atoms with E-state index in [0.717, 1.165) is 22.0 Å². The summed E-state index contributed by atoms with van der Waals surface area (Å²) in [6.07, 6.45) is 0. The third-order valence-electron chi connectivity index (χ3n) is 4.22. The third kappa shape index (κ3) is 3.23. The summed E-state index contributed by atoms with van der Waals surface area (Å²) in [6.45, 7) is 3.34. The summed E-state index contributed by atoms with van der Waals surface area (Å²) in [6, 6.07) is 13.4. The lowest BCUT2D eigenvalue weighted by atomic mass is 10.1. The first-order valence-corrected chi connectivity index (χ1v) is 9.06. The second-order valence-corrected chi connectivity index (χ2v) is 6.80. The lowest BCUT2D eigenvalue weighted by Gasteiger charge is -2.34. The van der Waals surface area contributed by atoms with Crippen LogP contribution in [0.2, 0.25) is 0 Å². The lowest BCUT2D eigenvalue weighted by Crippen LogP contribution is -2.43. The van der Waals surface area contributed by atoms with E-state index >= 15 is 0 Å². The monoisotopic (exact) mass is 354 g/mol. The highest BCUT2D eigenvalue weighted by Crippen LogP contribution is 2.31. The zero-order valence-corrected chi connectivity index (χ0v) is 14.7. The Bertz CT molecular complexity index is 872. The summed E-state index contributed by atoms with van der Waals surface area (Å²) >= 11 is 1.58. The largest absolute Gasteiger partial charge is 0.456 e. The van der Waals surface area contributed by atoms with Crippen LogP contribution in [0.5, 0.6) is 0 Å². The van der Waals surface area contributed by atoms with Crippen molar-refractivity contribution < 1.29 is 13.9 Å². The molecular formula is C19H18N2O3S. The molecule has 0 N–H and O–H groups in total. The average Bonchev–Trinajstić information content (AvgIpc) is 3.31. The fourth-order valence-electron chi connectivity index (χ4n) is 2.94. The number of thiazole rings is 1. The molecule has 3 heterocycles. The zero-order valence-electron chi connectivity index (χ0n) is 13.8. The molecule has 0 unspecified atom stereocenters. The molecule has 6 heteroatoms. The van der Waals surface area contributed by atoms with Gasteiger partial charge in [-0.15, -0.1) is 11.3 Å². The number of carbonyl (C=O) groups excluding carboxylic acids is 1. The van der Waals surface area contributed by atoms with Crippen LogP contribution in [0, 0.1) is 6.92 Å². The number of amides is 1. The van der Waals surface area contributed by atoms with Crippen LogP contribution >= 0.6 is 11.3 Å². The molecule has 0 saturated carbocycles. The van der Waals surface area contributed by atoms with Crippen LogP contribution < -0.4 is 0 Å². The maximum Gasteiger partial charge on any atom is 0.290 e. The first-order valence-electron chi connectivity index (χ1n) is 8.18. The molecule has 0 spiro atoms. The standard InChI is InChI=1S/C19H18N2O3S/c1-13-7-8-17(24-13)19(22)21-9-10-23-11-16(21)15-12-25-18(20-15)14-5-3-2-4-6-14/h2-8,12,16H,9-11H2,1H3/t16-/m0/s1. The van der Waals surface area contributed by atoms with Gasteiger partial charge in [-0.05, 0) is 19.1 Å². The normalized spacial score (nSPS) is 17.6. The fraction of sp³-hybridized carbons (Fsp3) is 0.263. The van der Waals surface area contributed by atoms with Gasteiger partial charge >= 0.3 is 0 Å². The van der Waals surface area contributed by atoms with Gasteiger partial charge in [-0.3, -0.25) is 4.79 Å². The van der Waals surface area contributed by atoms with Crippen LogP contribution in [0.3, 0.4) is 0 Å². The van der Waals surface area contributed by atoms with Crippen molar-refractivity contribution in [3.8, 4) is 10.6 Å². The van der Waals surface area contributed by atoms with Gasteiger partial charge in [0.15, 0.2) is 5.76 Å². The quantitative estimate of drug-likeness (QED) is 0.715. The number of hydrogen-bond acceptors (Lipinski definition) is 5. The molecule has 1 aliphatic heterocycles. The van der Waals surface area contributed by atoms with Gasteiger partial charge in [-0.2, -0.15) is 0 Å². The predicted octanol–water partition coefficient (Wildman–Crippen LogP) is 3.93. The molecule has 1 fully saturated rings. The molecule has 0 bridgehead atoms. The van der Waals surface area contributed by atoms with Crippen LogP contribution in [0.1, 0.15) is 28.1 Å². The van der Waals surface area contributed by atoms with Crippen molar-refractivity contribution in [2.45, 2.75) is 13.0 Å². The Balaban J connectivity index is 1.61. The van der Waals surface area contributed by atoms with Gasteiger partial charge < -0.3 is 14.1 Å². The number of carbonyl (C=O) groups is 1.